The smallest absolute Gasteiger partial charge is 0.404 e. The number of aromatic hydroxyl groups is 1. The molecule has 0 heterocycles. The quantitative estimate of drug-likeness (QED) is 0.708. The summed E-state index contributed by atoms with van der Waals surface area (Å²) in [5.74, 6) is 0.208. The zero-order chi connectivity index (χ0) is 12.0. The number of phenolic OH excluding ortho intramolecular Hbond substituents is 1. The standard InChI is InChI=1S/C11H16N2O3/c1-2-13(8-7-12-11(15)16)9-5-3-4-6-10(9)14/h3-6,12,14H,2,7-8H2,1H3,(H,15,16). The van der Waals surface area contributed by atoms with Gasteiger partial charge in [0.15, 0.2) is 0 Å². The molecule has 0 saturated carbocycles. The Labute approximate surface area is 94.3 Å². The van der Waals surface area contributed by atoms with Gasteiger partial charge in [-0.3, -0.25) is 0 Å². The van der Waals surface area contributed by atoms with Crippen LogP contribution in [0.2, 0.25) is 0 Å². The van der Waals surface area contributed by atoms with Crippen LogP contribution in [0.25, 0.3) is 0 Å². The number of amides is 1. The van der Waals surface area contributed by atoms with Gasteiger partial charge in [0, 0.05) is 19.6 Å². The Bertz CT molecular complexity index is 355. The van der Waals surface area contributed by atoms with E-state index in [1.807, 2.05) is 17.9 Å². The second-order valence-corrected chi connectivity index (χ2v) is 3.30. The number of benzene rings is 1. The lowest BCUT2D eigenvalue weighted by Gasteiger charge is -2.23. The molecule has 0 unspecified atom stereocenters. The van der Waals surface area contributed by atoms with Crippen molar-refractivity contribution in [2.24, 2.45) is 0 Å². The first-order valence-electron chi connectivity index (χ1n) is 5.15. The van der Waals surface area contributed by atoms with E-state index in [-0.39, 0.29) is 5.75 Å². The minimum atomic E-state index is -1.03. The molecular weight excluding hydrogens is 208 g/mol. The summed E-state index contributed by atoms with van der Waals surface area (Å²) in [7, 11) is 0. The van der Waals surface area contributed by atoms with E-state index in [1.54, 1.807) is 18.2 Å². The molecule has 1 rings (SSSR count). The van der Waals surface area contributed by atoms with Crippen molar-refractivity contribution in [3.63, 3.8) is 0 Å². The van der Waals surface area contributed by atoms with Gasteiger partial charge in [-0.05, 0) is 19.1 Å². The molecular formula is C11H16N2O3. The number of carbonyl (C=O) groups is 1. The van der Waals surface area contributed by atoms with Crippen molar-refractivity contribution in [2.75, 3.05) is 24.5 Å². The third-order valence-electron chi connectivity index (χ3n) is 2.26. The number of nitrogens with zero attached hydrogens (tertiary/aromatic N) is 1. The summed E-state index contributed by atoms with van der Waals surface area (Å²) in [5.41, 5.74) is 0.720. The van der Waals surface area contributed by atoms with E-state index in [1.165, 1.54) is 0 Å². The van der Waals surface area contributed by atoms with Gasteiger partial charge in [0.25, 0.3) is 0 Å². The number of carboxylic acid groups (broad SMARTS) is 1. The van der Waals surface area contributed by atoms with Gasteiger partial charge in [-0.1, -0.05) is 12.1 Å². The number of anilines is 1. The van der Waals surface area contributed by atoms with Crippen molar-refractivity contribution >= 4 is 11.8 Å². The van der Waals surface area contributed by atoms with Crippen LogP contribution < -0.4 is 10.2 Å². The monoisotopic (exact) mass is 224 g/mol. The lowest BCUT2D eigenvalue weighted by Crippen LogP contribution is -2.34. The van der Waals surface area contributed by atoms with Gasteiger partial charge in [0.05, 0.1) is 5.69 Å². The molecule has 0 saturated heterocycles. The Morgan fingerprint density at radius 3 is 2.69 bits per heavy atom. The van der Waals surface area contributed by atoms with E-state index in [2.05, 4.69) is 5.32 Å². The number of phenols is 1. The van der Waals surface area contributed by atoms with Crippen molar-refractivity contribution < 1.29 is 15.0 Å². The maximum atomic E-state index is 10.3. The lowest BCUT2D eigenvalue weighted by molar-refractivity contribution is 0.195. The second-order valence-electron chi connectivity index (χ2n) is 3.30. The first-order chi connectivity index (χ1) is 7.65. The molecule has 0 spiro atoms. The number of hydrogen-bond acceptors (Lipinski definition) is 3. The summed E-state index contributed by atoms with van der Waals surface area (Å²) in [6, 6.07) is 7.01. The zero-order valence-corrected chi connectivity index (χ0v) is 9.18. The molecule has 1 amide bonds. The predicted molar refractivity (Wildman–Crippen MR) is 62.0 cm³/mol. The second kappa shape index (κ2) is 5.85. The highest BCUT2D eigenvalue weighted by molar-refractivity contribution is 5.64. The highest BCUT2D eigenvalue weighted by atomic mass is 16.4. The molecule has 0 atom stereocenters. The first-order valence-corrected chi connectivity index (χ1v) is 5.15. The van der Waals surface area contributed by atoms with Crippen molar-refractivity contribution in [1.82, 2.24) is 5.32 Å². The topological polar surface area (TPSA) is 72.8 Å². The van der Waals surface area contributed by atoms with Crippen LogP contribution in [0.4, 0.5) is 10.5 Å². The Balaban J connectivity index is 2.60. The molecule has 5 nitrogen and oxygen atoms in total. The highest BCUT2D eigenvalue weighted by Gasteiger charge is 2.08. The molecule has 1 aromatic rings. The van der Waals surface area contributed by atoms with E-state index >= 15 is 0 Å². The van der Waals surface area contributed by atoms with Crippen LogP contribution in [0.1, 0.15) is 6.92 Å². The molecule has 0 aromatic heterocycles. The van der Waals surface area contributed by atoms with Crippen LogP contribution >= 0.6 is 0 Å². The van der Waals surface area contributed by atoms with E-state index in [9.17, 15) is 9.90 Å². The van der Waals surface area contributed by atoms with E-state index < -0.39 is 6.09 Å². The largest absolute Gasteiger partial charge is 0.506 e. The molecule has 0 aliphatic heterocycles. The molecule has 5 heteroatoms. The van der Waals surface area contributed by atoms with Gasteiger partial charge < -0.3 is 20.4 Å². The summed E-state index contributed by atoms with van der Waals surface area (Å²) in [5, 5.41) is 20.4. The van der Waals surface area contributed by atoms with E-state index in [0.717, 1.165) is 5.69 Å². The number of rotatable bonds is 5. The van der Waals surface area contributed by atoms with Crippen molar-refractivity contribution in [3.05, 3.63) is 24.3 Å². The normalized spacial score (nSPS) is 9.81. The van der Waals surface area contributed by atoms with Crippen LogP contribution in [-0.2, 0) is 0 Å². The minimum Gasteiger partial charge on any atom is -0.506 e. The van der Waals surface area contributed by atoms with Crippen LogP contribution in [0, 0.1) is 0 Å². The third kappa shape index (κ3) is 3.34. The fraction of sp³-hybridized carbons (Fsp3) is 0.364. The zero-order valence-electron chi connectivity index (χ0n) is 9.18. The van der Waals surface area contributed by atoms with Crippen LogP contribution in [0.3, 0.4) is 0 Å². The van der Waals surface area contributed by atoms with Crippen LogP contribution in [0.15, 0.2) is 24.3 Å². The van der Waals surface area contributed by atoms with Crippen molar-refractivity contribution in [3.8, 4) is 5.75 Å². The minimum absolute atomic E-state index is 0.208. The van der Waals surface area contributed by atoms with E-state index in [4.69, 9.17) is 5.11 Å². The highest BCUT2D eigenvalue weighted by Crippen LogP contribution is 2.25. The molecule has 3 N–H and O–H groups in total. The first kappa shape index (κ1) is 12.2. The molecule has 0 bridgehead atoms. The van der Waals surface area contributed by atoms with Crippen molar-refractivity contribution in [2.45, 2.75) is 6.92 Å². The van der Waals surface area contributed by atoms with Gasteiger partial charge >= 0.3 is 6.09 Å². The Morgan fingerprint density at radius 1 is 1.44 bits per heavy atom. The molecule has 0 radical (unpaired) electrons. The Kier molecular flexibility index (Phi) is 4.44. The van der Waals surface area contributed by atoms with Gasteiger partial charge in [-0.2, -0.15) is 0 Å². The predicted octanol–water partition coefficient (Wildman–Crippen LogP) is 1.49. The fourth-order valence-corrected chi connectivity index (χ4v) is 1.48. The molecule has 88 valence electrons. The Hall–Kier alpha value is -1.91. The summed E-state index contributed by atoms with van der Waals surface area (Å²) in [6.07, 6.45) is -1.03. The SMILES string of the molecule is CCN(CCNC(=O)O)c1ccccc1O. The average molecular weight is 224 g/mol. The number of para-hydroxylation sites is 2. The lowest BCUT2D eigenvalue weighted by atomic mass is 10.2. The van der Waals surface area contributed by atoms with Crippen LogP contribution in [-0.4, -0.2) is 35.9 Å². The average Bonchev–Trinajstić information content (AvgIpc) is 2.25. The van der Waals surface area contributed by atoms with E-state index in [0.29, 0.717) is 19.6 Å². The fourth-order valence-electron chi connectivity index (χ4n) is 1.48. The molecule has 0 fully saturated rings. The molecule has 16 heavy (non-hydrogen) atoms. The molecule has 1 aromatic carbocycles. The number of hydrogen-bond donors (Lipinski definition) is 3. The summed E-state index contributed by atoms with van der Waals surface area (Å²) >= 11 is 0. The summed E-state index contributed by atoms with van der Waals surface area (Å²) in [6.45, 7) is 3.52. The summed E-state index contributed by atoms with van der Waals surface area (Å²) in [4.78, 5) is 12.2. The van der Waals surface area contributed by atoms with Gasteiger partial charge in [-0.25, -0.2) is 4.79 Å². The third-order valence-corrected chi connectivity index (χ3v) is 2.26. The van der Waals surface area contributed by atoms with Gasteiger partial charge in [-0.15, -0.1) is 0 Å². The van der Waals surface area contributed by atoms with Crippen molar-refractivity contribution in [1.29, 1.82) is 0 Å². The number of likely N-dealkylation sites (N-methyl/N-ethyl adjacent to an activating group) is 1. The molecule has 0 aliphatic carbocycles. The Morgan fingerprint density at radius 2 is 2.12 bits per heavy atom. The van der Waals surface area contributed by atoms with Gasteiger partial charge in [0.2, 0.25) is 0 Å². The molecule has 0 aliphatic rings. The van der Waals surface area contributed by atoms with Gasteiger partial charge in [0.1, 0.15) is 5.75 Å². The maximum absolute atomic E-state index is 10.3. The number of nitrogens with one attached hydrogen (secondary N) is 1. The van der Waals surface area contributed by atoms with Crippen LogP contribution in [0.5, 0.6) is 5.75 Å². The summed E-state index contributed by atoms with van der Waals surface area (Å²) < 4.78 is 0. The maximum Gasteiger partial charge on any atom is 0.404 e.